The normalized spacial score (nSPS) is 11.8. The van der Waals surface area contributed by atoms with E-state index in [1.807, 2.05) is 0 Å². The molecule has 2 aromatic carbocycles. The maximum Gasteiger partial charge on any atom is 0.190 e. The maximum atomic E-state index is 4.83. The van der Waals surface area contributed by atoms with Crippen molar-refractivity contribution in [1.82, 2.24) is 4.57 Å². The van der Waals surface area contributed by atoms with Crippen molar-refractivity contribution in [3.8, 4) is 11.3 Å². The lowest BCUT2D eigenvalue weighted by atomic mass is 10.2. The Morgan fingerprint density at radius 1 is 1.00 bits per heavy atom. The van der Waals surface area contributed by atoms with Crippen molar-refractivity contribution in [2.75, 3.05) is 0 Å². The van der Waals surface area contributed by atoms with Crippen molar-refractivity contribution >= 4 is 17.0 Å². The van der Waals surface area contributed by atoms with Gasteiger partial charge in [-0.25, -0.2) is 4.99 Å². The van der Waals surface area contributed by atoms with E-state index in [-0.39, 0.29) is 0 Å². The zero-order valence-corrected chi connectivity index (χ0v) is 13.8. The van der Waals surface area contributed by atoms with E-state index in [1.165, 1.54) is 16.8 Å². The molecular formula is C19H20N2S. The summed E-state index contributed by atoms with van der Waals surface area (Å²) in [4.78, 5) is 5.89. The molecule has 1 aromatic heterocycles. The molecular weight excluding hydrogens is 288 g/mol. The smallest absolute Gasteiger partial charge is 0.190 e. The van der Waals surface area contributed by atoms with Crippen LogP contribution >= 0.6 is 11.3 Å². The van der Waals surface area contributed by atoms with Gasteiger partial charge in [-0.2, -0.15) is 0 Å². The second-order valence-corrected chi connectivity index (χ2v) is 6.21. The summed E-state index contributed by atoms with van der Waals surface area (Å²) in [5, 5.41) is 2.21. The predicted octanol–water partition coefficient (Wildman–Crippen LogP) is 5.17. The summed E-state index contributed by atoms with van der Waals surface area (Å²) in [7, 11) is 0. The Balaban J connectivity index is 2.09. The standard InChI is InChI=1S/C19H20N2S/c1-3-13-21-18(16-7-5-4-6-8-16)14-22-19(21)20-17-11-9-15(2)10-12-17/h4-12,14H,3,13H2,1-2H3. The van der Waals surface area contributed by atoms with E-state index in [0.717, 1.165) is 23.5 Å². The van der Waals surface area contributed by atoms with E-state index in [4.69, 9.17) is 4.99 Å². The molecule has 3 heteroatoms. The summed E-state index contributed by atoms with van der Waals surface area (Å²) in [5.74, 6) is 0. The maximum absolute atomic E-state index is 4.83. The average Bonchev–Trinajstić information content (AvgIpc) is 2.94. The third-order valence-electron chi connectivity index (χ3n) is 3.57. The van der Waals surface area contributed by atoms with Crippen LogP contribution in [0.25, 0.3) is 11.3 Å². The molecule has 0 aliphatic carbocycles. The Morgan fingerprint density at radius 2 is 1.73 bits per heavy atom. The van der Waals surface area contributed by atoms with Crippen LogP contribution in [0.5, 0.6) is 0 Å². The number of aromatic nitrogens is 1. The molecule has 0 fully saturated rings. The molecule has 0 radical (unpaired) electrons. The monoisotopic (exact) mass is 308 g/mol. The van der Waals surface area contributed by atoms with Crippen molar-refractivity contribution in [3.63, 3.8) is 0 Å². The highest BCUT2D eigenvalue weighted by molar-refractivity contribution is 7.07. The molecule has 0 aliphatic rings. The molecule has 0 atom stereocenters. The SMILES string of the molecule is CCCn1c(-c2ccccc2)csc1=Nc1ccc(C)cc1. The Bertz CT molecular complexity index is 795. The van der Waals surface area contributed by atoms with Crippen LogP contribution in [0.3, 0.4) is 0 Å². The van der Waals surface area contributed by atoms with E-state index >= 15 is 0 Å². The van der Waals surface area contributed by atoms with Crippen LogP contribution in [-0.2, 0) is 6.54 Å². The Labute approximate surface area is 135 Å². The Kier molecular flexibility index (Phi) is 4.54. The molecule has 3 aromatic rings. The topological polar surface area (TPSA) is 17.3 Å². The van der Waals surface area contributed by atoms with Gasteiger partial charge in [0, 0.05) is 11.9 Å². The summed E-state index contributed by atoms with van der Waals surface area (Å²) in [6.07, 6.45) is 1.09. The summed E-state index contributed by atoms with van der Waals surface area (Å²) in [5.41, 5.74) is 4.77. The number of rotatable bonds is 4. The molecule has 0 spiro atoms. The molecule has 0 aliphatic heterocycles. The number of benzene rings is 2. The van der Waals surface area contributed by atoms with Crippen LogP contribution in [0.4, 0.5) is 5.69 Å². The van der Waals surface area contributed by atoms with Crippen molar-refractivity contribution in [1.29, 1.82) is 0 Å². The first kappa shape index (κ1) is 14.8. The number of nitrogens with zero attached hydrogens (tertiary/aromatic N) is 2. The Hall–Kier alpha value is -2.13. The van der Waals surface area contributed by atoms with Gasteiger partial charge in [-0.15, -0.1) is 11.3 Å². The van der Waals surface area contributed by atoms with Gasteiger partial charge in [-0.3, -0.25) is 0 Å². The molecule has 0 saturated heterocycles. The van der Waals surface area contributed by atoms with Gasteiger partial charge in [0.15, 0.2) is 4.80 Å². The largest absolute Gasteiger partial charge is 0.316 e. The first-order valence-corrected chi connectivity index (χ1v) is 8.51. The average molecular weight is 308 g/mol. The zero-order valence-electron chi connectivity index (χ0n) is 13.0. The molecule has 112 valence electrons. The van der Waals surface area contributed by atoms with Crippen LogP contribution in [0, 0.1) is 6.92 Å². The molecule has 3 rings (SSSR count). The van der Waals surface area contributed by atoms with Crippen LogP contribution in [0.15, 0.2) is 65.0 Å². The molecule has 2 nitrogen and oxygen atoms in total. The number of hydrogen-bond acceptors (Lipinski definition) is 2. The highest BCUT2D eigenvalue weighted by Crippen LogP contribution is 2.21. The molecule has 0 N–H and O–H groups in total. The minimum Gasteiger partial charge on any atom is -0.316 e. The highest BCUT2D eigenvalue weighted by atomic mass is 32.1. The first-order valence-electron chi connectivity index (χ1n) is 7.63. The van der Waals surface area contributed by atoms with Gasteiger partial charge in [0.25, 0.3) is 0 Å². The molecule has 0 amide bonds. The second-order valence-electron chi connectivity index (χ2n) is 5.37. The fourth-order valence-corrected chi connectivity index (χ4v) is 3.38. The van der Waals surface area contributed by atoms with Crippen molar-refractivity contribution in [3.05, 3.63) is 70.3 Å². The second kappa shape index (κ2) is 6.75. The summed E-state index contributed by atoms with van der Waals surface area (Å²) in [6, 6.07) is 18.9. The summed E-state index contributed by atoms with van der Waals surface area (Å²) >= 11 is 1.71. The summed E-state index contributed by atoms with van der Waals surface area (Å²) < 4.78 is 2.32. The molecule has 1 heterocycles. The molecule has 0 saturated carbocycles. The van der Waals surface area contributed by atoms with Gasteiger partial charge < -0.3 is 4.57 Å². The van der Waals surface area contributed by atoms with Crippen molar-refractivity contribution in [2.24, 2.45) is 4.99 Å². The van der Waals surface area contributed by atoms with Gasteiger partial charge in [-0.05, 0) is 31.0 Å². The van der Waals surface area contributed by atoms with Crippen LogP contribution < -0.4 is 4.80 Å². The quantitative estimate of drug-likeness (QED) is 0.633. The van der Waals surface area contributed by atoms with Gasteiger partial charge in [0.05, 0.1) is 11.4 Å². The number of hydrogen-bond donors (Lipinski definition) is 0. The molecule has 22 heavy (non-hydrogen) atoms. The van der Waals surface area contributed by atoms with E-state index in [0.29, 0.717) is 0 Å². The Morgan fingerprint density at radius 3 is 2.41 bits per heavy atom. The van der Waals surface area contributed by atoms with Gasteiger partial charge in [0.2, 0.25) is 0 Å². The summed E-state index contributed by atoms with van der Waals surface area (Å²) in [6.45, 7) is 5.28. The third-order valence-corrected chi connectivity index (χ3v) is 4.44. The van der Waals surface area contributed by atoms with Gasteiger partial charge in [0.1, 0.15) is 0 Å². The van der Waals surface area contributed by atoms with E-state index in [9.17, 15) is 0 Å². The fraction of sp³-hybridized carbons (Fsp3) is 0.211. The highest BCUT2D eigenvalue weighted by Gasteiger charge is 2.07. The molecule has 0 unspecified atom stereocenters. The minimum atomic E-state index is 0.985. The van der Waals surface area contributed by atoms with Crippen LogP contribution in [0.1, 0.15) is 18.9 Å². The number of thiazole rings is 1. The lowest BCUT2D eigenvalue weighted by Gasteiger charge is -2.07. The number of aryl methyl sites for hydroxylation is 1. The zero-order chi connectivity index (χ0) is 15.4. The van der Waals surface area contributed by atoms with E-state index in [2.05, 4.69) is 78.4 Å². The lowest BCUT2D eigenvalue weighted by Crippen LogP contribution is -2.15. The van der Waals surface area contributed by atoms with Crippen molar-refractivity contribution in [2.45, 2.75) is 26.8 Å². The minimum absolute atomic E-state index is 0.985. The van der Waals surface area contributed by atoms with Gasteiger partial charge in [-0.1, -0.05) is 55.0 Å². The molecule has 0 bridgehead atoms. The van der Waals surface area contributed by atoms with Crippen LogP contribution in [-0.4, -0.2) is 4.57 Å². The van der Waals surface area contributed by atoms with Gasteiger partial charge >= 0.3 is 0 Å². The third kappa shape index (κ3) is 3.20. The fourth-order valence-electron chi connectivity index (χ4n) is 2.43. The van der Waals surface area contributed by atoms with E-state index < -0.39 is 0 Å². The van der Waals surface area contributed by atoms with Crippen molar-refractivity contribution < 1.29 is 0 Å². The van der Waals surface area contributed by atoms with Crippen LogP contribution in [0.2, 0.25) is 0 Å². The predicted molar refractivity (Wildman–Crippen MR) is 94.4 cm³/mol. The lowest BCUT2D eigenvalue weighted by molar-refractivity contribution is 0.667. The van der Waals surface area contributed by atoms with E-state index in [1.54, 1.807) is 11.3 Å². The first-order chi connectivity index (χ1) is 10.8.